The molecule has 1 saturated heterocycles. The maximum atomic E-state index is 5.60. The van der Waals surface area contributed by atoms with Crippen molar-refractivity contribution in [2.24, 2.45) is 10.9 Å². The first-order valence-electron chi connectivity index (χ1n) is 7.44. The van der Waals surface area contributed by atoms with Crippen LogP contribution in [0.2, 0.25) is 0 Å². The van der Waals surface area contributed by atoms with E-state index in [1.54, 1.807) is 0 Å². The molecule has 0 aromatic heterocycles. The van der Waals surface area contributed by atoms with E-state index in [1.165, 1.54) is 6.42 Å². The van der Waals surface area contributed by atoms with E-state index in [2.05, 4.69) is 36.4 Å². The minimum Gasteiger partial charge on any atom is -0.377 e. The predicted octanol–water partition coefficient (Wildman–Crippen LogP) is 2.01. The van der Waals surface area contributed by atoms with E-state index in [9.17, 15) is 0 Å². The number of nitrogens with zero attached hydrogens (tertiary/aromatic N) is 1. The number of halogens is 1. The van der Waals surface area contributed by atoms with Gasteiger partial charge >= 0.3 is 0 Å². The SMILES string of the molecule is CCNC(=NCC(C)C)NCCOCC1CCCO1.I. The molecule has 0 spiro atoms. The van der Waals surface area contributed by atoms with Gasteiger partial charge in [-0.05, 0) is 25.7 Å². The maximum absolute atomic E-state index is 5.60. The van der Waals surface area contributed by atoms with E-state index in [4.69, 9.17) is 9.47 Å². The van der Waals surface area contributed by atoms with E-state index in [0.29, 0.717) is 25.2 Å². The summed E-state index contributed by atoms with van der Waals surface area (Å²) in [4.78, 5) is 4.50. The molecule has 0 aromatic carbocycles. The second-order valence-electron chi connectivity index (χ2n) is 5.25. The Morgan fingerprint density at radius 2 is 2.20 bits per heavy atom. The van der Waals surface area contributed by atoms with Gasteiger partial charge in [0.15, 0.2) is 5.96 Å². The van der Waals surface area contributed by atoms with Crippen LogP contribution in [0, 0.1) is 5.92 Å². The second kappa shape index (κ2) is 12.6. The molecule has 120 valence electrons. The smallest absolute Gasteiger partial charge is 0.191 e. The first-order chi connectivity index (χ1) is 9.22. The highest BCUT2D eigenvalue weighted by atomic mass is 127. The summed E-state index contributed by atoms with van der Waals surface area (Å²) in [6.45, 7) is 11.2. The fourth-order valence-electron chi connectivity index (χ4n) is 1.85. The Kier molecular flexibility index (Phi) is 12.6. The van der Waals surface area contributed by atoms with Crippen molar-refractivity contribution in [3.05, 3.63) is 0 Å². The number of hydrogen-bond donors (Lipinski definition) is 2. The van der Waals surface area contributed by atoms with Gasteiger partial charge in [-0.15, -0.1) is 24.0 Å². The lowest BCUT2D eigenvalue weighted by atomic mass is 10.2. The van der Waals surface area contributed by atoms with Crippen LogP contribution < -0.4 is 10.6 Å². The monoisotopic (exact) mass is 399 g/mol. The third kappa shape index (κ3) is 9.77. The van der Waals surface area contributed by atoms with Crippen LogP contribution in [0.3, 0.4) is 0 Å². The number of rotatable bonds is 8. The standard InChI is InChI=1S/C14H29N3O2.HI/c1-4-15-14(17-10-12(2)3)16-7-9-18-11-13-6-5-8-19-13;/h12-13H,4-11H2,1-3H3,(H2,15,16,17);1H. The van der Waals surface area contributed by atoms with Gasteiger partial charge in [0, 0.05) is 26.2 Å². The first-order valence-corrected chi connectivity index (χ1v) is 7.44. The number of hydrogen-bond acceptors (Lipinski definition) is 3. The summed E-state index contributed by atoms with van der Waals surface area (Å²) in [5.74, 6) is 1.45. The van der Waals surface area contributed by atoms with Gasteiger partial charge in [0.25, 0.3) is 0 Å². The number of aliphatic imine (C=N–C) groups is 1. The van der Waals surface area contributed by atoms with Gasteiger partial charge in [0.2, 0.25) is 0 Å². The summed E-state index contributed by atoms with van der Waals surface area (Å²) in [7, 11) is 0. The van der Waals surface area contributed by atoms with Gasteiger partial charge < -0.3 is 20.1 Å². The highest BCUT2D eigenvalue weighted by Gasteiger charge is 2.14. The molecule has 2 N–H and O–H groups in total. The summed E-state index contributed by atoms with van der Waals surface area (Å²) in [6, 6.07) is 0. The lowest BCUT2D eigenvalue weighted by Crippen LogP contribution is -2.39. The molecular formula is C14H30IN3O2. The van der Waals surface area contributed by atoms with Crippen molar-refractivity contribution < 1.29 is 9.47 Å². The molecular weight excluding hydrogens is 369 g/mol. The maximum Gasteiger partial charge on any atom is 0.191 e. The molecule has 20 heavy (non-hydrogen) atoms. The Bertz CT molecular complexity index is 257. The van der Waals surface area contributed by atoms with Crippen molar-refractivity contribution in [2.45, 2.75) is 39.7 Å². The average Bonchev–Trinajstić information content (AvgIpc) is 2.88. The number of nitrogens with one attached hydrogen (secondary N) is 2. The zero-order valence-electron chi connectivity index (χ0n) is 13.0. The lowest BCUT2D eigenvalue weighted by Gasteiger charge is -2.13. The quantitative estimate of drug-likeness (QED) is 0.284. The Morgan fingerprint density at radius 1 is 1.40 bits per heavy atom. The Balaban J connectivity index is 0.00000361. The number of ether oxygens (including phenoxy) is 2. The van der Waals surface area contributed by atoms with Crippen molar-refractivity contribution in [3.63, 3.8) is 0 Å². The van der Waals surface area contributed by atoms with E-state index < -0.39 is 0 Å². The second-order valence-corrected chi connectivity index (χ2v) is 5.25. The van der Waals surface area contributed by atoms with Gasteiger partial charge in [-0.2, -0.15) is 0 Å². The summed E-state index contributed by atoms with van der Waals surface area (Å²) < 4.78 is 11.1. The normalized spacial score (nSPS) is 19.0. The van der Waals surface area contributed by atoms with Crippen LogP contribution in [-0.4, -0.2) is 51.5 Å². The summed E-state index contributed by atoms with van der Waals surface area (Å²) in [5, 5.41) is 6.50. The molecule has 6 heteroatoms. The highest BCUT2D eigenvalue weighted by Crippen LogP contribution is 2.11. The van der Waals surface area contributed by atoms with Crippen LogP contribution in [0.25, 0.3) is 0 Å². The van der Waals surface area contributed by atoms with Crippen molar-refractivity contribution in [1.82, 2.24) is 10.6 Å². The topological polar surface area (TPSA) is 54.9 Å². The van der Waals surface area contributed by atoms with E-state index in [1.807, 2.05) is 0 Å². The molecule has 1 heterocycles. The molecule has 1 aliphatic heterocycles. The molecule has 0 radical (unpaired) electrons. The zero-order chi connectivity index (χ0) is 13.9. The zero-order valence-corrected chi connectivity index (χ0v) is 15.3. The minimum atomic E-state index is 0. The largest absolute Gasteiger partial charge is 0.377 e. The summed E-state index contributed by atoms with van der Waals surface area (Å²) in [6.07, 6.45) is 2.60. The van der Waals surface area contributed by atoms with Gasteiger partial charge in [-0.3, -0.25) is 4.99 Å². The molecule has 1 fully saturated rings. The van der Waals surface area contributed by atoms with Crippen LogP contribution in [0.15, 0.2) is 4.99 Å². The van der Waals surface area contributed by atoms with Crippen molar-refractivity contribution in [1.29, 1.82) is 0 Å². The van der Waals surface area contributed by atoms with E-state index >= 15 is 0 Å². The van der Waals surface area contributed by atoms with Gasteiger partial charge in [0.05, 0.1) is 19.3 Å². The van der Waals surface area contributed by atoms with Crippen LogP contribution in [0.1, 0.15) is 33.6 Å². The van der Waals surface area contributed by atoms with Gasteiger partial charge in [-0.1, -0.05) is 13.8 Å². The molecule has 1 unspecified atom stereocenters. The van der Waals surface area contributed by atoms with Crippen LogP contribution in [-0.2, 0) is 9.47 Å². The van der Waals surface area contributed by atoms with Crippen LogP contribution >= 0.6 is 24.0 Å². The van der Waals surface area contributed by atoms with Crippen LogP contribution in [0.5, 0.6) is 0 Å². The minimum absolute atomic E-state index is 0. The highest BCUT2D eigenvalue weighted by molar-refractivity contribution is 14.0. The molecule has 1 atom stereocenters. The van der Waals surface area contributed by atoms with E-state index in [0.717, 1.165) is 38.6 Å². The molecule has 0 amide bonds. The molecule has 1 rings (SSSR count). The molecule has 0 saturated carbocycles. The fourth-order valence-corrected chi connectivity index (χ4v) is 1.85. The van der Waals surface area contributed by atoms with Crippen molar-refractivity contribution >= 4 is 29.9 Å². The third-order valence-electron chi connectivity index (χ3n) is 2.83. The Morgan fingerprint density at radius 3 is 2.80 bits per heavy atom. The average molecular weight is 399 g/mol. The molecule has 0 bridgehead atoms. The lowest BCUT2D eigenvalue weighted by molar-refractivity contribution is 0.0191. The molecule has 0 aromatic rings. The predicted molar refractivity (Wildman–Crippen MR) is 94.0 cm³/mol. The van der Waals surface area contributed by atoms with Gasteiger partial charge in [-0.25, -0.2) is 0 Å². The summed E-state index contributed by atoms with van der Waals surface area (Å²) >= 11 is 0. The Labute approximate surface area is 140 Å². The van der Waals surface area contributed by atoms with Gasteiger partial charge in [0.1, 0.15) is 0 Å². The van der Waals surface area contributed by atoms with Crippen molar-refractivity contribution in [2.75, 3.05) is 39.5 Å². The Hall–Kier alpha value is -0.0800. The first kappa shape index (κ1) is 19.9. The molecule has 5 nitrogen and oxygen atoms in total. The van der Waals surface area contributed by atoms with Crippen molar-refractivity contribution in [3.8, 4) is 0 Å². The molecule has 1 aliphatic rings. The number of guanidine groups is 1. The summed E-state index contributed by atoms with van der Waals surface area (Å²) in [5.41, 5.74) is 0. The fraction of sp³-hybridized carbons (Fsp3) is 0.929. The third-order valence-corrected chi connectivity index (χ3v) is 2.83. The van der Waals surface area contributed by atoms with E-state index in [-0.39, 0.29) is 24.0 Å². The van der Waals surface area contributed by atoms with Crippen LogP contribution in [0.4, 0.5) is 0 Å². The molecule has 0 aliphatic carbocycles.